The summed E-state index contributed by atoms with van der Waals surface area (Å²) in [4.78, 5) is 17.5. The van der Waals surface area contributed by atoms with Crippen LogP contribution in [0.3, 0.4) is 0 Å². The van der Waals surface area contributed by atoms with Crippen LogP contribution < -0.4 is 4.90 Å². The zero-order valence-corrected chi connectivity index (χ0v) is 22.1. The average Bonchev–Trinajstić information content (AvgIpc) is 2.85. The molecule has 0 aromatic heterocycles. The number of hydrogen-bond acceptors (Lipinski definition) is 3. The molecule has 0 saturated carbocycles. The molecule has 2 aliphatic heterocycles. The lowest BCUT2D eigenvalue weighted by Crippen LogP contribution is -2.40. The van der Waals surface area contributed by atoms with E-state index >= 15 is 0 Å². The van der Waals surface area contributed by atoms with Crippen LogP contribution in [0.1, 0.15) is 57.9 Å². The standard InChI is InChI=1S/C28H34ClF3N2OS.CH4/c29-24-8-10-25(11-9-24)33-17-14-21(15-18-33)3-1-5-27(35)34-16-2-4-23(20-34)19-22-6-12-26(13-7-22)36-28(30,31)32;/h6-13,21,23H,1-5,14-20H2;1H4/t23-;/m1./s1. The number of rotatable bonds is 8. The summed E-state index contributed by atoms with van der Waals surface area (Å²) in [6.07, 6.45) is 7.78. The van der Waals surface area contributed by atoms with E-state index < -0.39 is 5.51 Å². The maximum absolute atomic E-state index is 12.9. The zero-order valence-electron chi connectivity index (χ0n) is 20.5. The number of piperidine rings is 2. The number of halogens is 4. The van der Waals surface area contributed by atoms with Gasteiger partial charge in [0.1, 0.15) is 0 Å². The van der Waals surface area contributed by atoms with E-state index in [2.05, 4.69) is 17.0 Å². The number of anilines is 1. The molecule has 2 saturated heterocycles. The van der Waals surface area contributed by atoms with Crippen LogP contribution in [0.5, 0.6) is 0 Å². The summed E-state index contributed by atoms with van der Waals surface area (Å²) in [6, 6.07) is 14.7. The molecular formula is C29H38ClF3N2OS. The van der Waals surface area contributed by atoms with E-state index in [4.69, 9.17) is 11.6 Å². The number of carbonyl (C=O) groups excluding carboxylic acids is 1. The monoisotopic (exact) mass is 554 g/mol. The van der Waals surface area contributed by atoms with Crippen molar-refractivity contribution in [1.82, 2.24) is 4.90 Å². The lowest BCUT2D eigenvalue weighted by Gasteiger charge is -2.34. The highest BCUT2D eigenvalue weighted by atomic mass is 35.5. The van der Waals surface area contributed by atoms with Crippen molar-refractivity contribution in [1.29, 1.82) is 0 Å². The lowest BCUT2D eigenvalue weighted by atomic mass is 9.90. The smallest absolute Gasteiger partial charge is 0.372 e. The molecule has 2 aromatic carbocycles. The molecule has 204 valence electrons. The summed E-state index contributed by atoms with van der Waals surface area (Å²) in [6.45, 7) is 3.65. The van der Waals surface area contributed by atoms with E-state index in [9.17, 15) is 18.0 Å². The van der Waals surface area contributed by atoms with Crippen molar-refractivity contribution in [2.24, 2.45) is 11.8 Å². The molecule has 2 aromatic rings. The number of likely N-dealkylation sites (tertiary alicyclic amines) is 1. The zero-order chi connectivity index (χ0) is 25.5. The minimum absolute atomic E-state index is 0. The fourth-order valence-electron chi connectivity index (χ4n) is 5.45. The van der Waals surface area contributed by atoms with Crippen molar-refractivity contribution in [3.63, 3.8) is 0 Å². The number of hydrogen-bond donors (Lipinski definition) is 0. The summed E-state index contributed by atoms with van der Waals surface area (Å²) >= 11 is 5.92. The Hall–Kier alpha value is -1.86. The molecule has 0 bridgehead atoms. The van der Waals surface area contributed by atoms with E-state index in [-0.39, 0.29) is 30.0 Å². The average molecular weight is 555 g/mol. The minimum atomic E-state index is -4.26. The van der Waals surface area contributed by atoms with Gasteiger partial charge in [0, 0.05) is 48.2 Å². The van der Waals surface area contributed by atoms with Crippen LogP contribution in [0.15, 0.2) is 53.4 Å². The van der Waals surface area contributed by atoms with Gasteiger partial charge in [-0.25, -0.2) is 0 Å². The fourth-order valence-corrected chi connectivity index (χ4v) is 6.12. The van der Waals surface area contributed by atoms with Gasteiger partial charge in [-0.2, -0.15) is 13.2 Å². The van der Waals surface area contributed by atoms with Crippen molar-refractivity contribution in [3.05, 3.63) is 59.1 Å². The highest BCUT2D eigenvalue weighted by Gasteiger charge is 2.29. The number of benzene rings is 2. The molecule has 1 atom stereocenters. The van der Waals surface area contributed by atoms with Crippen LogP contribution in [0.4, 0.5) is 18.9 Å². The summed E-state index contributed by atoms with van der Waals surface area (Å²) in [7, 11) is 0. The Morgan fingerprint density at radius 2 is 1.62 bits per heavy atom. The molecule has 2 heterocycles. The molecule has 3 nitrogen and oxygen atoms in total. The third-order valence-electron chi connectivity index (χ3n) is 7.36. The Bertz CT molecular complexity index is 976. The van der Waals surface area contributed by atoms with E-state index in [1.807, 2.05) is 17.0 Å². The number of carbonyl (C=O) groups is 1. The first-order valence-electron chi connectivity index (χ1n) is 12.9. The predicted octanol–water partition coefficient (Wildman–Crippen LogP) is 8.46. The normalized spacial score (nSPS) is 19.0. The van der Waals surface area contributed by atoms with Gasteiger partial charge in [-0.15, -0.1) is 0 Å². The Balaban J connectivity index is 0.00000380. The topological polar surface area (TPSA) is 23.6 Å². The molecule has 0 aliphatic carbocycles. The molecule has 0 N–H and O–H groups in total. The third-order valence-corrected chi connectivity index (χ3v) is 8.35. The molecule has 8 heteroatoms. The molecule has 4 rings (SSSR count). The predicted molar refractivity (Wildman–Crippen MR) is 148 cm³/mol. The Labute approximate surface area is 228 Å². The molecule has 2 fully saturated rings. The van der Waals surface area contributed by atoms with Crippen molar-refractivity contribution >= 4 is 35.0 Å². The van der Waals surface area contributed by atoms with E-state index in [0.717, 1.165) is 81.7 Å². The van der Waals surface area contributed by atoms with Crippen LogP contribution in [0.25, 0.3) is 0 Å². The highest BCUT2D eigenvalue weighted by Crippen LogP contribution is 2.37. The Morgan fingerprint density at radius 1 is 0.946 bits per heavy atom. The molecule has 1 amide bonds. The molecule has 0 spiro atoms. The van der Waals surface area contributed by atoms with Gasteiger partial charge in [-0.05, 0) is 111 Å². The van der Waals surface area contributed by atoms with Crippen LogP contribution in [0, 0.1) is 11.8 Å². The molecular weight excluding hydrogens is 517 g/mol. The van der Waals surface area contributed by atoms with E-state index in [1.54, 1.807) is 24.3 Å². The Morgan fingerprint density at radius 3 is 2.27 bits per heavy atom. The van der Waals surface area contributed by atoms with Gasteiger partial charge in [0.05, 0.1) is 0 Å². The minimum Gasteiger partial charge on any atom is -0.372 e. The second-order valence-electron chi connectivity index (χ2n) is 10.0. The van der Waals surface area contributed by atoms with E-state index in [1.165, 1.54) is 5.69 Å². The van der Waals surface area contributed by atoms with Gasteiger partial charge in [0.15, 0.2) is 0 Å². The van der Waals surface area contributed by atoms with Crippen LogP contribution in [0.2, 0.25) is 5.02 Å². The highest BCUT2D eigenvalue weighted by molar-refractivity contribution is 8.00. The summed E-state index contributed by atoms with van der Waals surface area (Å²) in [5, 5.41) is 0.760. The Kier molecular flexibility index (Phi) is 11.1. The number of amides is 1. The van der Waals surface area contributed by atoms with Crippen LogP contribution >= 0.6 is 23.4 Å². The summed E-state index contributed by atoms with van der Waals surface area (Å²) in [5.41, 5.74) is -2.00. The van der Waals surface area contributed by atoms with Gasteiger partial charge in [-0.3, -0.25) is 4.79 Å². The first-order chi connectivity index (χ1) is 17.2. The van der Waals surface area contributed by atoms with Crippen molar-refractivity contribution in [2.75, 3.05) is 31.1 Å². The first kappa shape index (κ1) is 29.7. The fraction of sp³-hybridized carbons (Fsp3) is 0.552. The lowest BCUT2D eigenvalue weighted by molar-refractivity contribution is -0.133. The maximum atomic E-state index is 12.9. The number of thioether (sulfide) groups is 1. The summed E-state index contributed by atoms with van der Waals surface area (Å²) in [5.74, 6) is 1.28. The molecule has 0 radical (unpaired) electrons. The number of alkyl halides is 3. The molecule has 37 heavy (non-hydrogen) atoms. The van der Waals surface area contributed by atoms with Gasteiger partial charge < -0.3 is 9.80 Å². The quantitative estimate of drug-likeness (QED) is 0.306. The number of nitrogens with zero attached hydrogens (tertiary/aromatic N) is 2. The van der Waals surface area contributed by atoms with Gasteiger partial charge >= 0.3 is 5.51 Å². The first-order valence-corrected chi connectivity index (χ1v) is 14.1. The SMILES string of the molecule is C.O=C(CCCC1CCN(c2ccc(Cl)cc2)CC1)N1CCC[C@H](Cc2ccc(SC(F)(F)F)cc2)C1. The molecule has 2 aliphatic rings. The largest absolute Gasteiger partial charge is 0.446 e. The van der Waals surface area contributed by atoms with Gasteiger partial charge in [-0.1, -0.05) is 31.2 Å². The second-order valence-corrected chi connectivity index (χ2v) is 11.6. The van der Waals surface area contributed by atoms with Crippen LogP contribution in [-0.4, -0.2) is 42.5 Å². The van der Waals surface area contributed by atoms with Gasteiger partial charge in [0.25, 0.3) is 0 Å². The van der Waals surface area contributed by atoms with Crippen molar-refractivity contribution < 1.29 is 18.0 Å². The van der Waals surface area contributed by atoms with E-state index in [0.29, 0.717) is 18.3 Å². The molecule has 0 unspecified atom stereocenters. The summed E-state index contributed by atoms with van der Waals surface area (Å²) < 4.78 is 37.6. The van der Waals surface area contributed by atoms with Crippen molar-refractivity contribution in [3.8, 4) is 0 Å². The second kappa shape index (κ2) is 13.8. The van der Waals surface area contributed by atoms with Gasteiger partial charge in [0.2, 0.25) is 5.91 Å². The third kappa shape index (κ3) is 9.43. The van der Waals surface area contributed by atoms with Crippen molar-refractivity contribution in [2.45, 2.75) is 69.2 Å². The maximum Gasteiger partial charge on any atom is 0.446 e. The van der Waals surface area contributed by atoms with Crippen LogP contribution in [-0.2, 0) is 11.2 Å².